The van der Waals surface area contributed by atoms with Gasteiger partial charge in [0.2, 0.25) is 0 Å². The summed E-state index contributed by atoms with van der Waals surface area (Å²) in [5, 5.41) is 0. The zero-order valence-corrected chi connectivity index (χ0v) is 9.22. The average Bonchev–Trinajstić information content (AvgIpc) is 2.70. The maximum absolute atomic E-state index is 12.2. The fourth-order valence-electron chi connectivity index (χ4n) is 3.00. The van der Waals surface area contributed by atoms with Gasteiger partial charge in [-0.1, -0.05) is 42.5 Å². The Bertz CT molecular complexity index is 449. The molecule has 0 N–H and O–H groups in total. The number of carbonyl (C=O) groups excluding carboxylic acids is 1. The molecule has 0 aromatic heterocycles. The number of ether oxygens (including phenoxy) is 1. The smallest absolute Gasteiger partial charge is 0.173 e. The van der Waals surface area contributed by atoms with Crippen LogP contribution in [0.1, 0.15) is 17.9 Å². The Balaban J connectivity index is 1.96. The molecule has 0 spiro atoms. The molecule has 0 bridgehead atoms. The van der Waals surface area contributed by atoms with Crippen LogP contribution in [0.15, 0.2) is 42.5 Å². The van der Waals surface area contributed by atoms with Gasteiger partial charge in [-0.15, -0.1) is 0 Å². The highest BCUT2D eigenvalue weighted by atomic mass is 16.5. The molecule has 2 nitrogen and oxygen atoms in total. The number of Topliss-reactive ketones (excluding diaryl/α,β-unsaturated/α-hetero) is 1. The van der Waals surface area contributed by atoms with Crippen LogP contribution in [0.25, 0.3) is 0 Å². The minimum Gasteiger partial charge on any atom is -0.369 e. The van der Waals surface area contributed by atoms with Crippen molar-refractivity contribution in [3.8, 4) is 0 Å². The number of carbonyl (C=O) groups is 1. The molecule has 0 radical (unpaired) electrons. The van der Waals surface area contributed by atoms with Crippen molar-refractivity contribution in [2.75, 3.05) is 7.11 Å². The van der Waals surface area contributed by atoms with Crippen molar-refractivity contribution >= 4 is 5.78 Å². The van der Waals surface area contributed by atoms with E-state index in [2.05, 4.69) is 12.2 Å². The Kier molecular flexibility index (Phi) is 2.01. The Labute approximate surface area is 94.9 Å². The lowest BCUT2D eigenvalue weighted by molar-refractivity contribution is -0.166. The van der Waals surface area contributed by atoms with Crippen LogP contribution in [-0.4, -0.2) is 18.5 Å². The van der Waals surface area contributed by atoms with Crippen molar-refractivity contribution in [3.05, 3.63) is 48.0 Å². The van der Waals surface area contributed by atoms with Crippen LogP contribution in [0.3, 0.4) is 0 Å². The van der Waals surface area contributed by atoms with Crippen molar-refractivity contribution in [1.29, 1.82) is 0 Å². The molecule has 82 valence electrons. The molecule has 0 saturated heterocycles. The quantitative estimate of drug-likeness (QED) is 0.706. The predicted octanol–water partition coefficient (Wildman–Crippen LogP) is 2.31. The van der Waals surface area contributed by atoms with Gasteiger partial charge in [-0.25, -0.2) is 0 Å². The van der Waals surface area contributed by atoms with Gasteiger partial charge in [-0.2, -0.15) is 0 Å². The number of methoxy groups -OCH3 is 1. The van der Waals surface area contributed by atoms with Gasteiger partial charge < -0.3 is 4.74 Å². The van der Waals surface area contributed by atoms with Gasteiger partial charge in [-0.05, 0) is 5.56 Å². The number of hydrogen-bond donors (Lipinski definition) is 0. The highest BCUT2D eigenvalue weighted by molar-refractivity contribution is 6.02. The molecule has 16 heavy (non-hydrogen) atoms. The third-order valence-corrected chi connectivity index (χ3v) is 3.88. The second-order valence-electron chi connectivity index (χ2n) is 4.50. The lowest BCUT2D eigenvalue weighted by atomic mass is 9.59. The number of ketones is 1. The average molecular weight is 214 g/mol. The van der Waals surface area contributed by atoms with Crippen LogP contribution in [-0.2, 0) is 9.53 Å². The van der Waals surface area contributed by atoms with E-state index in [1.165, 1.54) is 0 Å². The summed E-state index contributed by atoms with van der Waals surface area (Å²) in [7, 11) is 1.64. The zero-order chi connectivity index (χ0) is 11.2. The number of fused-ring (bicyclic) bond motifs is 1. The minimum atomic E-state index is -0.541. The van der Waals surface area contributed by atoms with E-state index in [1.54, 1.807) is 7.11 Å². The summed E-state index contributed by atoms with van der Waals surface area (Å²) >= 11 is 0. The van der Waals surface area contributed by atoms with Crippen molar-refractivity contribution in [2.24, 2.45) is 5.92 Å². The SMILES string of the molecule is CO[C@]12CC=C[C@@H]1[C@@H](c1ccccc1)C2=O. The molecule has 1 aromatic rings. The summed E-state index contributed by atoms with van der Waals surface area (Å²) in [4.78, 5) is 12.2. The van der Waals surface area contributed by atoms with Crippen molar-refractivity contribution in [2.45, 2.75) is 17.9 Å². The Hall–Kier alpha value is -1.41. The van der Waals surface area contributed by atoms with Gasteiger partial charge >= 0.3 is 0 Å². The van der Waals surface area contributed by atoms with Gasteiger partial charge in [-0.3, -0.25) is 4.79 Å². The molecule has 1 fully saturated rings. The molecule has 2 aliphatic rings. The van der Waals surface area contributed by atoms with Crippen LogP contribution in [0, 0.1) is 5.92 Å². The third kappa shape index (κ3) is 1.03. The lowest BCUT2D eigenvalue weighted by Gasteiger charge is -2.48. The number of rotatable bonds is 2. The van der Waals surface area contributed by atoms with E-state index < -0.39 is 5.60 Å². The highest BCUT2D eigenvalue weighted by Crippen LogP contribution is 2.54. The van der Waals surface area contributed by atoms with Gasteiger partial charge in [0.15, 0.2) is 5.78 Å². The molecule has 3 rings (SSSR count). The van der Waals surface area contributed by atoms with Crippen molar-refractivity contribution < 1.29 is 9.53 Å². The van der Waals surface area contributed by atoms with E-state index in [4.69, 9.17) is 4.74 Å². The van der Waals surface area contributed by atoms with Crippen molar-refractivity contribution in [1.82, 2.24) is 0 Å². The first-order valence-corrected chi connectivity index (χ1v) is 5.61. The van der Waals surface area contributed by atoms with E-state index in [9.17, 15) is 4.79 Å². The zero-order valence-electron chi connectivity index (χ0n) is 9.22. The summed E-state index contributed by atoms with van der Waals surface area (Å²) in [6.45, 7) is 0. The molecule has 2 aliphatic carbocycles. The summed E-state index contributed by atoms with van der Waals surface area (Å²) in [5.74, 6) is 0.462. The number of benzene rings is 1. The van der Waals surface area contributed by atoms with E-state index in [-0.39, 0.29) is 17.6 Å². The van der Waals surface area contributed by atoms with Gasteiger partial charge in [0.05, 0.1) is 5.92 Å². The van der Waals surface area contributed by atoms with Crippen LogP contribution in [0.4, 0.5) is 0 Å². The van der Waals surface area contributed by atoms with Crippen molar-refractivity contribution in [3.63, 3.8) is 0 Å². The molecule has 3 atom stereocenters. The summed E-state index contributed by atoms with van der Waals surface area (Å²) < 4.78 is 5.45. The summed E-state index contributed by atoms with van der Waals surface area (Å²) in [5.41, 5.74) is 0.567. The van der Waals surface area contributed by atoms with Gasteiger partial charge in [0.25, 0.3) is 0 Å². The van der Waals surface area contributed by atoms with E-state index in [0.29, 0.717) is 0 Å². The van der Waals surface area contributed by atoms with Gasteiger partial charge in [0.1, 0.15) is 5.60 Å². The van der Waals surface area contributed by atoms with E-state index >= 15 is 0 Å². The highest BCUT2D eigenvalue weighted by Gasteiger charge is 2.63. The van der Waals surface area contributed by atoms with E-state index in [1.807, 2.05) is 30.3 Å². The molecular weight excluding hydrogens is 200 g/mol. The molecule has 1 saturated carbocycles. The molecule has 0 aliphatic heterocycles. The first-order valence-electron chi connectivity index (χ1n) is 5.61. The maximum atomic E-state index is 12.2. The lowest BCUT2D eigenvalue weighted by Crippen LogP contribution is -2.60. The Morgan fingerprint density at radius 1 is 1.31 bits per heavy atom. The Morgan fingerprint density at radius 3 is 2.75 bits per heavy atom. The second-order valence-corrected chi connectivity index (χ2v) is 4.50. The minimum absolute atomic E-state index is 0.0000926. The number of hydrogen-bond acceptors (Lipinski definition) is 2. The predicted molar refractivity (Wildman–Crippen MR) is 61.2 cm³/mol. The topological polar surface area (TPSA) is 26.3 Å². The first-order chi connectivity index (χ1) is 7.79. The second kappa shape index (κ2) is 3.29. The molecule has 1 aromatic carbocycles. The van der Waals surface area contributed by atoms with Crippen LogP contribution < -0.4 is 0 Å². The fraction of sp³-hybridized carbons (Fsp3) is 0.357. The monoisotopic (exact) mass is 214 g/mol. The van der Waals surface area contributed by atoms with E-state index in [0.717, 1.165) is 12.0 Å². The summed E-state index contributed by atoms with van der Waals surface area (Å²) in [6, 6.07) is 9.98. The van der Waals surface area contributed by atoms with Crippen LogP contribution in [0.5, 0.6) is 0 Å². The standard InChI is InChI=1S/C14H14O2/c1-16-14-9-5-8-11(14)12(13(14)15)10-6-3-2-4-7-10/h2-8,11-12H,9H2,1H3/t11-,12-,14-/m1/s1. The molecular formula is C14H14O2. The van der Waals surface area contributed by atoms with Crippen LogP contribution >= 0.6 is 0 Å². The molecule has 0 unspecified atom stereocenters. The normalized spacial score (nSPS) is 35.9. The van der Waals surface area contributed by atoms with Crippen LogP contribution in [0.2, 0.25) is 0 Å². The molecule has 2 heteroatoms. The molecule has 0 heterocycles. The Morgan fingerprint density at radius 2 is 2.06 bits per heavy atom. The fourth-order valence-corrected chi connectivity index (χ4v) is 3.00. The third-order valence-electron chi connectivity index (χ3n) is 3.88. The van der Waals surface area contributed by atoms with Gasteiger partial charge in [0, 0.05) is 19.4 Å². The molecule has 0 amide bonds. The maximum Gasteiger partial charge on any atom is 0.173 e. The largest absolute Gasteiger partial charge is 0.369 e. The summed E-state index contributed by atoms with van der Waals surface area (Å²) in [6.07, 6.45) is 4.92. The first kappa shape index (κ1) is 9.79.